The van der Waals surface area contributed by atoms with Crippen molar-refractivity contribution in [2.24, 2.45) is 0 Å². The number of nitrogens with zero attached hydrogens (tertiary/aromatic N) is 2. The molecule has 1 aliphatic heterocycles. The van der Waals surface area contributed by atoms with E-state index in [0.29, 0.717) is 5.92 Å². The summed E-state index contributed by atoms with van der Waals surface area (Å²) in [4.78, 5) is 18.8. The van der Waals surface area contributed by atoms with Crippen LogP contribution in [0.4, 0.5) is 0 Å². The summed E-state index contributed by atoms with van der Waals surface area (Å²) in [5, 5.41) is 10.0. The van der Waals surface area contributed by atoms with Crippen molar-refractivity contribution in [1.29, 1.82) is 0 Å². The molecule has 0 spiro atoms. The number of rotatable bonds is 5. The number of aromatic nitrogens is 1. The van der Waals surface area contributed by atoms with Gasteiger partial charge in [0.1, 0.15) is 0 Å². The van der Waals surface area contributed by atoms with Crippen LogP contribution in [0.2, 0.25) is 0 Å². The van der Waals surface area contributed by atoms with Crippen LogP contribution in [0, 0.1) is 0 Å². The molecule has 2 rings (SSSR count). The lowest BCUT2D eigenvalue weighted by Gasteiger charge is -2.26. The van der Waals surface area contributed by atoms with E-state index in [1.165, 1.54) is 0 Å². The molecule has 1 N–H and O–H groups in total. The van der Waals surface area contributed by atoms with E-state index in [2.05, 4.69) is 23.7 Å². The molecule has 1 fully saturated rings. The normalized spacial score (nSPS) is 17.0. The molecule has 5 nitrogen and oxygen atoms in total. The summed E-state index contributed by atoms with van der Waals surface area (Å²) in [5.41, 5.74) is 0.729. The van der Waals surface area contributed by atoms with E-state index in [4.69, 9.17) is 9.84 Å². The lowest BCUT2D eigenvalue weighted by Crippen LogP contribution is -2.35. The maximum atomic E-state index is 10.9. The Hall–Kier alpha value is -0.980. The molecule has 0 atom stereocenters. The Bertz CT molecular complexity index is 439. The van der Waals surface area contributed by atoms with Gasteiger partial charge in [0.05, 0.1) is 30.3 Å². The number of carboxylic acids is 1. The van der Waals surface area contributed by atoms with E-state index < -0.39 is 5.97 Å². The third kappa shape index (κ3) is 3.99. The van der Waals surface area contributed by atoms with Crippen LogP contribution in [-0.4, -0.2) is 47.3 Å². The first-order chi connectivity index (χ1) is 9.06. The van der Waals surface area contributed by atoms with Crippen LogP contribution in [0.1, 0.15) is 35.3 Å². The van der Waals surface area contributed by atoms with Gasteiger partial charge < -0.3 is 9.84 Å². The summed E-state index contributed by atoms with van der Waals surface area (Å²) in [5.74, 6) is -0.472. The highest BCUT2D eigenvalue weighted by Gasteiger charge is 2.19. The van der Waals surface area contributed by atoms with Crippen LogP contribution in [0.25, 0.3) is 0 Å². The smallest absolute Gasteiger partial charge is 0.309 e. The van der Waals surface area contributed by atoms with Crippen molar-refractivity contribution in [1.82, 2.24) is 9.88 Å². The number of carboxylic acid groups (broad SMARTS) is 1. The molecule has 19 heavy (non-hydrogen) atoms. The highest BCUT2D eigenvalue weighted by molar-refractivity contribution is 7.11. The van der Waals surface area contributed by atoms with Crippen molar-refractivity contribution >= 4 is 17.3 Å². The summed E-state index contributed by atoms with van der Waals surface area (Å²) < 4.78 is 5.33. The maximum Gasteiger partial charge on any atom is 0.309 e. The number of hydrogen-bond acceptors (Lipinski definition) is 5. The third-order valence-corrected chi connectivity index (χ3v) is 4.46. The van der Waals surface area contributed by atoms with Gasteiger partial charge in [-0.3, -0.25) is 9.69 Å². The highest BCUT2D eigenvalue weighted by Crippen LogP contribution is 2.26. The van der Waals surface area contributed by atoms with Gasteiger partial charge in [-0.1, -0.05) is 13.8 Å². The quantitative estimate of drug-likeness (QED) is 0.892. The molecule has 2 heterocycles. The first-order valence-electron chi connectivity index (χ1n) is 6.56. The lowest BCUT2D eigenvalue weighted by atomic mass is 10.2. The number of thiazole rings is 1. The number of hydrogen-bond donors (Lipinski definition) is 1. The molecule has 0 radical (unpaired) electrons. The van der Waals surface area contributed by atoms with Gasteiger partial charge in [-0.15, -0.1) is 11.3 Å². The number of morpholine rings is 1. The van der Waals surface area contributed by atoms with Crippen molar-refractivity contribution in [3.05, 3.63) is 15.6 Å². The van der Waals surface area contributed by atoms with Gasteiger partial charge in [0, 0.05) is 30.4 Å². The van der Waals surface area contributed by atoms with E-state index in [9.17, 15) is 4.79 Å². The molecule has 0 unspecified atom stereocenters. The van der Waals surface area contributed by atoms with Gasteiger partial charge in [-0.25, -0.2) is 4.98 Å². The molecular formula is C13H20N2O3S. The molecule has 0 aromatic carbocycles. The Balaban J connectivity index is 2.13. The fraction of sp³-hybridized carbons (Fsp3) is 0.692. The fourth-order valence-corrected chi connectivity index (χ4v) is 3.14. The molecule has 0 saturated carbocycles. The second-order valence-corrected chi connectivity index (χ2v) is 6.15. The molecule has 1 aromatic heterocycles. The molecule has 1 saturated heterocycles. The molecule has 106 valence electrons. The first-order valence-corrected chi connectivity index (χ1v) is 7.38. The molecule has 6 heteroatoms. The Morgan fingerprint density at radius 3 is 2.74 bits per heavy atom. The average molecular weight is 284 g/mol. The zero-order valence-electron chi connectivity index (χ0n) is 11.4. The van der Waals surface area contributed by atoms with Gasteiger partial charge in [0.2, 0.25) is 0 Å². The summed E-state index contributed by atoms with van der Waals surface area (Å²) in [7, 11) is 0. The first kappa shape index (κ1) is 14.4. The summed E-state index contributed by atoms with van der Waals surface area (Å²) in [6.07, 6.45) is 0.0168. The molecule has 0 aliphatic carbocycles. The second kappa shape index (κ2) is 6.45. The highest BCUT2D eigenvalue weighted by atomic mass is 32.1. The van der Waals surface area contributed by atoms with Crippen molar-refractivity contribution < 1.29 is 14.6 Å². The Labute approximate surface area is 117 Å². The van der Waals surface area contributed by atoms with Gasteiger partial charge >= 0.3 is 5.97 Å². The largest absolute Gasteiger partial charge is 0.481 e. The van der Waals surface area contributed by atoms with Gasteiger partial charge in [0.25, 0.3) is 0 Å². The number of carbonyl (C=O) groups is 1. The van der Waals surface area contributed by atoms with Gasteiger partial charge in [-0.05, 0) is 0 Å². The second-order valence-electron chi connectivity index (χ2n) is 5.04. The SMILES string of the molecule is CC(C)c1nc(CC(=O)O)c(CN2CCOCC2)s1. The Morgan fingerprint density at radius 1 is 1.47 bits per heavy atom. The third-order valence-electron chi connectivity index (χ3n) is 3.08. The maximum absolute atomic E-state index is 10.9. The van der Waals surface area contributed by atoms with Crippen LogP contribution in [0.5, 0.6) is 0 Å². The van der Waals surface area contributed by atoms with Gasteiger partial charge in [-0.2, -0.15) is 0 Å². The molecule has 1 aliphatic rings. The average Bonchev–Trinajstić information content (AvgIpc) is 2.73. The summed E-state index contributed by atoms with van der Waals surface area (Å²) in [6.45, 7) is 8.28. The standard InChI is InChI=1S/C13H20N2O3S/c1-9(2)13-14-10(7-12(16)17)11(19-13)8-15-3-5-18-6-4-15/h9H,3-8H2,1-2H3,(H,16,17). The van der Waals surface area contributed by atoms with Crippen molar-refractivity contribution in [3.8, 4) is 0 Å². The zero-order chi connectivity index (χ0) is 13.8. The monoisotopic (exact) mass is 284 g/mol. The molecular weight excluding hydrogens is 264 g/mol. The minimum atomic E-state index is -0.816. The van der Waals surface area contributed by atoms with Crippen LogP contribution in [-0.2, 0) is 22.5 Å². The molecule has 1 aromatic rings. The van der Waals surface area contributed by atoms with Crippen LogP contribution < -0.4 is 0 Å². The zero-order valence-corrected chi connectivity index (χ0v) is 12.2. The summed E-state index contributed by atoms with van der Waals surface area (Å²) in [6, 6.07) is 0. The summed E-state index contributed by atoms with van der Waals surface area (Å²) >= 11 is 1.65. The number of ether oxygens (including phenoxy) is 1. The Morgan fingerprint density at radius 2 is 2.16 bits per heavy atom. The van der Waals surface area contributed by atoms with Crippen molar-refractivity contribution in [3.63, 3.8) is 0 Å². The predicted octanol–water partition coefficient (Wildman–Crippen LogP) is 1.73. The minimum absolute atomic E-state index is 0.0168. The van der Waals surface area contributed by atoms with E-state index >= 15 is 0 Å². The number of aliphatic carboxylic acids is 1. The lowest BCUT2D eigenvalue weighted by molar-refractivity contribution is -0.136. The van der Waals surface area contributed by atoms with Crippen LogP contribution >= 0.6 is 11.3 Å². The van der Waals surface area contributed by atoms with Crippen LogP contribution in [0.15, 0.2) is 0 Å². The Kier molecular flexibility index (Phi) is 4.90. The van der Waals surface area contributed by atoms with Crippen LogP contribution in [0.3, 0.4) is 0 Å². The van der Waals surface area contributed by atoms with E-state index in [1.54, 1.807) is 11.3 Å². The minimum Gasteiger partial charge on any atom is -0.481 e. The van der Waals surface area contributed by atoms with Gasteiger partial charge in [0.15, 0.2) is 0 Å². The van der Waals surface area contributed by atoms with E-state index in [1.807, 2.05) is 0 Å². The van der Waals surface area contributed by atoms with E-state index in [-0.39, 0.29) is 6.42 Å². The van der Waals surface area contributed by atoms with Crippen molar-refractivity contribution in [2.75, 3.05) is 26.3 Å². The van der Waals surface area contributed by atoms with Crippen molar-refractivity contribution in [2.45, 2.75) is 32.7 Å². The predicted molar refractivity (Wildman–Crippen MR) is 73.6 cm³/mol. The molecule has 0 amide bonds. The van der Waals surface area contributed by atoms with E-state index in [0.717, 1.165) is 48.4 Å². The molecule has 0 bridgehead atoms. The fourth-order valence-electron chi connectivity index (χ4n) is 2.02. The topological polar surface area (TPSA) is 62.7 Å².